The van der Waals surface area contributed by atoms with Crippen LogP contribution in [0.15, 0.2) is 42.7 Å². The molecule has 0 unspecified atom stereocenters. The van der Waals surface area contributed by atoms with Crippen molar-refractivity contribution >= 4 is 5.91 Å². The number of carbonyl (C=O) groups is 1. The van der Waals surface area contributed by atoms with Gasteiger partial charge in [-0.1, -0.05) is 51.1 Å². The van der Waals surface area contributed by atoms with Gasteiger partial charge in [-0.2, -0.15) is 5.10 Å². The van der Waals surface area contributed by atoms with Crippen LogP contribution in [0, 0.1) is 5.41 Å². The van der Waals surface area contributed by atoms with Crippen LogP contribution in [0.2, 0.25) is 0 Å². The molecule has 1 aromatic heterocycles. The van der Waals surface area contributed by atoms with Gasteiger partial charge in [-0.3, -0.25) is 9.48 Å². The minimum Gasteiger partial charge on any atom is -0.351 e. The minimum atomic E-state index is -0.331. The number of benzene rings is 1. The van der Waals surface area contributed by atoms with Crippen LogP contribution >= 0.6 is 0 Å². The summed E-state index contributed by atoms with van der Waals surface area (Å²) in [5.41, 5.74) is 2.16. The number of amides is 1. The van der Waals surface area contributed by atoms with Crippen LogP contribution in [0.3, 0.4) is 0 Å². The second kappa shape index (κ2) is 6.34. The fraction of sp³-hybridized carbons (Fsp3) is 0.444. The second-order valence-corrected chi connectivity index (χ2v) is 6.85. The normalized spacial score (nSPS) is 14.4. The Morgan fingerprint density at radius 1 is 1.14 bits per heavy atom. The highest BCUT2D eigenvalue weighted by atomic mass is 16.2. The van der Waals surface area contributed by atoms with Gasteiger partial charge in [0.25, 0.3) is 0 Å². The van der Waals surface area contributed by atoms with E-state index >= 15 is 0 Å². The molecular formula is C18H25N3O. The summed E-state index contributed by atoms with van der Waals surface area (Å²) >= 11 is 0. The first-order valence-corrected chi connectivity index (χ1v) is 7.69. The number of rotatable bonds is 4. The topological polar surface area (TPSA) is 46.9 Å². The van der Waals surface area contributed by atoms with E-state index in [9.17, 15) is 4.79 Å². The van der Waals surface area contributed by atoms with E-state index in [1.165, 1.54) is 0 Å². The second-order valence-electron chi connectivity index (χ2n) is 6.85. The Bertz CT molecular complexity index is 625. The maximum absolute atomic E-state index is 12.4. The van der Waals surface area contributed by atoms with Gasteiger partial charge in [0.05, 0.1) is 6.20 Å². The van der Waals surface area contributed by atoms with Gasteiger partial charge in [0.1, 0.15) is 6.04 Å². The molecule has 0 spiro atoms. The molecule has 2 rings (SSSR count). The van der Waals surface area contributed by atoms with Crippen LogP contribution in [0.5, 0.6) is 0 Å². The van der Waals surface area contributed by atoms with E-state index in [2.05, 4.69) is 31.2 Å². The number of hydrogen-bond donors (Lipinski definition) is 1. The third-order valence-corrected chi connectivity index (χ3v) is 4.14. The van der Waals surface area contributed by atoms with E-state index in [0.717, 1.165) is 11.1 Å². The predicted molar refractivity (Wildman–Crippen MR) is 89.4 cm³/mol. The van der Waals surface area contributed by atoms with Crippen molar-refractivity contribution in [3.63, 3.8) is 0 Å². The van der Waals surface area contributed by atoms with Crippen molar-refractivity contribution in [3.8, 4) is 11.1 Å². The van der Waals surface area contributed by atoms with Crippen LogP contribution in [0.25, 0.3) is 11.1 Å². The molecule has 1 N–H and O–H groups in total. The molecule has 0 radical (unpaired) electrons. The maximum atomic E-state index is 12.4. The van der Waals surface area contributed by atoms with E-state index < -0.39 is 0 Å². The molecular weight excluding hydrogens is 274 g/mol. The van der Waals surface area contributed by atoms with Crippen molar-refractivity contribution in [3.05, 3.63) is 42.7 Å². The van der Waals surface area contributed by atoms with Crippen molar-refractivity contribution in [1.29, 1.82) is 0 Å². The van der Waals surface area contributed by atoms with Crippen LogP contribution in [-0.2, 0) is 4.79 Å². The molecule has 0 saturated heterocycles. The molecule has 2 atom stereocenters. The number of nitrogens with one attached hydrogen (secondary N) is 1. The van der Waals surface area contributed by atoms with Crippen molar-refractivity contribution in [2.75, 3.05) is 0 Å². The Hall–Kier alpha value is -2.10. The summed E-state index contributed by atoms with van der Waals surface area (Å²) in [4.78, 5) is 12.4. The van der Waals surface area contributed by atoms with E-state index in [-0.39, 0.29) is 23.4 Å². The average molecular weight is 299 g/mol. The molecule has 0 aliphatic heterocycles. The van der Waals surface area contributed by atoms with Crippen LogP contribution in [0.4, 0.5) is 0 Å². The highest BCUT2D eigenvalue weighted by Crippen LogP contribution is 2.21. The molecule has 0 bridgehead atoms. The van der Waals surface area contributed by atoms with Crippen LogP contribution in [-0.4, -0.2) is 21.7 Å². The quantitative estimate of drug-likeness (QED) is 0.936. The fourth-order valence-corrected chi connectivity index (χ4v) is 2.00. The highest BCUT2D eigenvalue weighted by molar-refractivity contribution is 5.80. The van der Waals surface area contributed by atoms with E-state index in [4.69, 9.17) is 0 Å². The van der Waals surface area contributed by atoms with E-state index in [0.29, 0.717) is 0 Å². The Morgan fingerprint density at radius 2 is 1.77 bits per heavy atom. The van der Waals surface area contributed by atoms with Crippen molar-refractivity contribution in [2.45, 2.75) is 46.7 Å². The maximum Gasteiger partial charge on any atom is 0.244 e. The largest absolute Gasteiger partial charge is 0.351 e. The molecule has 0 fully saturated rings. The molecule has 4 heteroatoms. The van der Waals surface area contributed by atoms with Gasteiger partial charge < -0.3 is 5.32 Å². The van der Waals surface area contributed by atoms with E-state index in [1.807, 2.05) is 50.4 Å². The zero-order valence-electron chi connectivity index (χ0n) is 14.0. The molecule has 2 aromatic rings. The third kappa shape index (κ3) is 3.75. The van der Waals surface area contributed by atoms with Gasteiger partial charge in [0.2, 0.25) is 5.91 Å². The van der Waals surface area contributed by atoms with Gasteiger partial charge in [-0.05, 0) is 24.8 Å². The van der Waals surface area contributed by atoms with Gasteiger partial charge in [0, 0.05) is 17.8 Å². The lowest BCUT2D eigenvalue weighted by Crippen LogP contribution is -2.44. The van der Waals surface area contributed by atoms with Gasteiger partial charge in [-0.15, -0.1) is 0 Å². The first-order chi connectivity index (χ1) is 10.3. The van der Waals surface area contributed by atoms with Gasteiger partial charge in [-0.25, -0.2) is 0 Å². The lowest BCUT2D eigenvalue weighted by Gasteiger charge is -2.29. The summed E-state index contributed by atoms with van der Waals surface area (Å²) in [7, 11) is 0. The molecule has 0 aliphatic rings. The first kappa shape index (κ1) is 16.3. The molecule has 22 heavy (non-hydrogen) atoms. The third-order valence-electron chi connectivity index (χ3n) is 4.14. The van der Waals surface area contributed by atoms with Crippen molar-refractivity contribution in [1.82, 2.24) is 15.1 Å². The Labute approximate surface area is 132 Å². The molecule has 1 aromatic carbocycles. The van der Waals surface area contributed by atoms with Crippen molar-refractivity contribution in [2.24, 2.45) is 5.41 Å². The molecule has 1 heterocycles. The average Bonchev–Trinajstić information content (AvgIpc) is 2.96. The highest BCUT2D eigenvalue weighted by Gasteiger charge is 2.24. The molecule has 0 aliphatic carbocycles. The number of nitrogens with zero attached hydrogens (tertiary/aromatic N) is 2. The Balaban J connectivity index is 2.09. The Morgan fingerprint density at radius 3 is 2.36 bits per heavy atom. The summed E-state index contributed by atoms with van der Waals surface area (Å²) in [6.45, 7) is 10.2. The molecule has 1 amide bonds. The fourth-order valence-electron chi connectivity index (χ4n) is 2.00. The van der Waals surface area contributed by atoms with Crippen molar-refractivity contribution < 1.29 is 4.79 Å². The lowest BCUT2D eigenvalue weighted by molar-refractivity contribution is -0.125. The van der Waals surface area contributed by atoms with Gasteiger partial charge in [0.15, 0.2) is 0 Å². The summed E-state index contributed by atoms with van der Waals surface area (Å²) in [5, 5.41) is 7.41. The molecule has 4 nitrogen and oxygen atoms in total. The summed E-state index contributed by atoms with van der Waals surface area (Å²) in [6.07, 6.45) is 3.72. The number of hydrogen-bond acceptors (Lipinski definition) is 2. The Kier molecular flexibility index (Phi) is 4.69. The minimum absolute atomic E-state index is 0.00913. The SMILES string of the molecule is C[C@H](C(=O)N[C@@H](C)C(C)(C)C)n1cc(-c2ccccc2)cn1. The molecule has 0 saturated carbocycles. The van der Waals surface area contributed by atoms with Crippen LogP contribution in [0.1, 0.15) is 40.7 Å². The standard InChI is InChI=1S/C18H25N3O/c1-13(17(22)20-14(2)18(3,4)5)21-12-16(11-19-21)15-9-7-6-8-10-15/h6-14H,1-5H3,(H,20,22)/t13-,14+/m1/s1. The summed E-state index contributed by atoms with van der Waals surface area (Å²) in [5.74, 6) is -0.00913. The van der Waals surface area contributed by atoms with E-state index in [1.54, 1.807) is 10.9 Å². The zero-order valence-corrected chi connectivity index (χ0v) is 14.0. The predicted octanol–water partition coefficient (Wildman–Crippen LogP) is 3.66. The first-order valence-electron chi connectivity index (χ1n) is 7.69. The number of carbonyl (C=O) groups excluding carboxylic acids is 1. The monoisotopic (exact) mass is 299 g/mol. The smallest absolute Gasteiger partial charge is 0.244 e. The van der Waals surface area contributed by atoms with Crippen LogP contribution < -0.4 is 5.32 Å². The lowest BCUT2D eigenvalue weighted by atomic mass is 9.88. The zero-order chi connectivity index (χ0) is 16.3. The summed E-state index contributed by atoms with van der Waals surface area (Å²) < 4.78 is 1.72. The van der Waals surface area contributed by atoms with Gasteiger partial charge >= 0.3 is 0 Å². The summed E-state index contributed by atoms with van der Waals surface area (Å²) in [6, 6.07) is 9.81. The molecule has 118 valence electrons. The number of aromatic nitrogens is 2.